The number of hydrogen-bond acceptors (Lipinski definition) is 2. The van der Waals surface area contributed by atoms with Crippen LogP contribution in [0.3, 0.4) is 0 Å². The first-order valence-corrected chi connectivity index (χ1v) is 7.35. The maximum atomic E-state index is 3.65. The van der Waals surface area contributed by atoms with Crippen LogP contribution in [0.2, 0.25) is 0 Å². The van der Waals surface area contributed by atoms with Gasteiger partial charge >= 0.3 is 0 Å². The molecule has 0 saturated heterocycles. The Morgan fingerprint density at radius 1 is 1.29 bits per heavy atom. The summed E-state index contributed by atoms with van der Waals surface area (Å²) in [5.74, 6) is 1.55. The molecule has 2 unspecified atom stereocenters. The molecule has 96 valence electrons. The van der Waals surface area contributed by atoms with Crippen LogP contribution in [0.5, 0.6) is 0 Å². The molecule has 0 radical (unpaired) electrons. The minimum absolute atomic E-state index is 0.231. The minimum atomic E-state index is 0.231. The molecule has 1 fully saturated rings. The second-order valence-corrected chi connectivity index (χ2v) is 8.30. The number of thiophene rings is 1. The Labute approximate surface area is 110 Å². The summed E-state index contributed by atoms with van der Waals surface area (Å²) in [5.41, 5.74) is 0.699. The van der Waals surface area contributed by atoms with E-state index in [4.69, 9.17) is 0 Å². The third-order valence-corrected chi connectivity index (χ3v) is 5.05. The zero-order valence-corrected chi connectivity index (χ0v) is 12.7. The van der Waals surface area contributed by atoms with E-state index in [1.807, 2.05) is 11.3 Å². The van der Waals surface area contributed by atoms with Crippen LogP contribution in [-0.4, -0.2) is 12.1 Å². The summed E-state index contributed by atoms with van der Waals surface area (Å²) < 4.78 is 0. The quantitative estimate of drug-likeness (QED) is 0.849. The first-order chi connectivity index (χ1) is 7.72. The highest BCUT2D eigenvalue weighted by Crippen LogP contribution is 2.65. The van der Waals surface area contributed by atoms with Gasteiger partial charge in [0, 0.05) is 21.2 Å². The van der Waals surface area contributed by atoms with Crippen LogP contribution in [-0.2, 0) is 0 Å². The van der Waals surface area contributed by atoms with E-state index >= 15 is 0 Å². The summed E-state index contributed by atoms with van der Waals surface area (Å²) in [6, 6.07) is 4.58. The van der Waals surface area contributed by atoms with E-state index in [0.717, 1.165) is 18.4 Å². The van der Waals surface area contributed by atoms with E-state index in [9.17, 15) is 0 Å². The van der Waals surface area contributed by atoms with Crippen LogP contribution in [0.4, 0.5) is 0 Å². The largest absolute Gasteiger partial charge is 0.312 e. The molecule has 0 spiro atoms. The van der Waals surface area contributed by atoms with Gasteiger partial charge in [-0.15, -0.1) is 11.3 Å². The van der Waals surface area contributed by atoms with Gasteiger partial charge in [0.1, 0.15) is 0 Å². The van der Waals surface area contributed by atoms with Gasteiger partial charge in [-0.1, -0.05) is 13.8 Å². The predicted octanol–water partition coefficient (Wildman–Crippen LogP) is 4.18. The lowest BCUT2D eigenvalue weighted by molar-refractivity contribution is 0.396. The highest BCUT2D eigenvalue weighted by atomic mass is 32.1. The van der Waals surface area contributed by atoms with Crippen molar-refractivity contribution >= 4 is 11.3 Å². The Kier molecular flexibility index (Phi) is 3.16. The fourth-order valence-corrected chi connectivity index (χ4v) is 3.97. The molecular formula is C15H25NS. The Morgan fingerprint density at radius 2 is 1.94 bits per heavy atom. The summed E-state index contributed by atoms with van der Waals surface area (Å²) in [5, 5.41) is 3.65. The fourth-order valence-electron chi connectivity index (χ4n) is 2.73. The number of hydrogen-bond donors (Lipinski definition) is 1. The standard InChI is InChI=1S/C15H25NS/c1-10-7-8-12(17-10)13-11(15(13,5)6)9-16-14(2,3)4/h7-8,11,13,16H,9H2,1-6H3. The SMILES string of the molecule is Cc1ccc(C2C(CNC(C)(C)C)C2(C)C)s1. The molecular weight excluding hydrogens is 226 g/mol. The molecule has 1 aliphatic carbocycles. The molecule has 1 aliphatic rings. The average molecular weight is 251 g/mol. The van der Waals surface area contributed by atoms with Crippen LogP contribution >= 0.6 is 11.3 Å². The molecule has 0 aliphatic heterocycles. The average Bonchev–Trinajstić information content (AvgIpc) is 2.52. The maximum absolute atomic E-state index is 3.65. The lowest BCUT2D eigenvalue weighted by atomic mass is 10.1. The van der Waals surface area contributed by atoms with Crippen molar-refractivity contribution in [3.05, 3.63) is 21.9 Å². The van der Waals surface area contributed by atoms with Crippen LogP contribution in [0.1, 0.15) is 50.3 Å². The topological polar surface area (TPSA) is 12.0 Å². The molecule has 0 bridgehead atoms. The van der Waals surface area contributed by atoms with Crippen LogP contribution in [0.25, 0.3) is 0 Å². The summed E-state index contributed by atoms with van der Waals surface area (Å²) in [6.07, 6.45) is 0. The van der Waals surface area contributed by atoms with Gasteiger partial charge in [0.2, 0.25) is 0 Å². The molecule has 2 rings (SSSR count). The van der Waals surface area contributed by atoms with Crippen molar-refractivity contribution in [1.29, 1.82) is 0 Å². The smallest absolute Gasteiger partial charge is 0.00966 e. The molecule has 0 aromatic carbocycles. The molecule has 1 N–H and O–H groups in total. The van der Waals surface area contributed by atoms with E-state index in [2.05, 4.69) is 59.0 Å². The molecule has 1 saturated carbocycles. The van der Waals surface area contributed by atoms with Gasteiger partial charge in [-0.05, 0) is 57.7 Å². The Bertz CT molecular complexity index is 397. The van der Waals surface area contributed by atoms with E-state index in [0.29, 0.717) is 5.41 Å². The Balaban J connectivity index is 2.01. The van der Waals surface area contributed by atoms with Crippen molar-refractivity contribution in [2.75, 3.05) is 6.54 Å². The van der Waals surface area contributed by atoms with Crippen LogP contribution in [0.15, 0.2) is 12.1 Å². The van der Waals surface area contributed by atoms with Gasteiger partial charge in [-0.3, -0.25) is 0 Å². The Morgan fingerprint density at radius 3 is 2.41 bits per heavy atom. The normalized spacial score (nSPS) is 27.2. The van der Waals surface area contributed by atoms with Gasteiger partial charge in [0.15, 0.2) is 0 Å². The molecule has 0 amide bonds. The lowest BCUT2D eigenvalue weighted by Gasteiger charge is -2.21. The van der Waals surface area contributed by atoms with Crippen LogP contribution < -0.4 is 5.32 Å². The van der Waals surface area contributed by atoms with Crippen molar-refractivity contribution in [1.82, 2.24) is 5.32 Å². The molecule has 2 atom stereocenters. The predicted molar refractivity (Wildman–Crippen MR) is 76.8 cm³/mol. The first kappa shape index (κ1) is 13.1. The van der Waals surface area contributed by atoms with E-state index in [1.54, 1.807) is 4.88 Å². The van der Waals surface area contributed by atoms with Crippen molar-refractivity contribution in [3.63, 3.8) is 0 Å². The van der Waals surface area contributed by atoms with Crippen LogP contribution in [0, 0.1) is 18.3 Å². The third-order valence-electron chi connectivity index (χ3n) is 3.97. The zero-order chi connectivity index (χ0) is 12.8. The van der Waals surface area contributed by atoms with Gasteiger partial charge in [-0.2, -0.15) is 0 Å². The van der Waals surface area contributed by atoms with Gasteiger partial charge in [0.05, 0.1) is 0 Å². The van der Waals surface area contributed by atoms with Crippen molar-refractivity contribution in [2.24, 2.45) is 11.3 Å². The highest BCUT2D eigenvalue weighted by molar-refractivity contribution is 7.12. The molecule has 1 heterocycles. The van der Waals surface area contributed by atoms with Gasteiger partial charge in [-0.25, -0.2) is 0 Å². The summed E-state index contributed by atoms with van der Waals surface area (Å²) >= 11 is 1.97. The van der Waals surface area contributed by atoms with E-state index in [1.165, 1.54) is 4.88 Å². The summed E-state index contributed by atoms with van der Waals surface area (Å²) in [4.78, 5) is 3.01. The molecule has 1 nitrogen and oxygen atoms in total. The summed E-state index contributed by atoms with van der Waals surface area (Å²) in [7, 11) is 0. The highest BCUT2D eigenvalue weighted by Gasteiger charge is 2.58. The summed E-state index contributed by atoms with van der Waals surface area (Å²) in [6.45, 7) is 14.9. The number of aryl methyl sites for hydroxylation is 1. The molecule has 1 aromatic heterocycles. The molecule has 2 heteroatoms. The van der Waals surface area contributed by atoms with Crippen molar-refractivity contribution in [2.45, 2.75) is 53.0 Å². The zero-order valence-electron chi connectivity index (χ0n) is 11.9. The third kappa shape index (κ3) is 2.74. The Hall–Kier alpha value is -0.340. The lowest BCUT2D eigenvalue weighted by Crippen LogP contribution is -2.37. The van der Waals surface area contributed by atoms with Gasteiger partial charge < -0.3 is 5.32 Å². The number of rotatable bonds is 3. The van der Waals surface area contributed by atoms with Crippen molar-refractivity contribution < 1.29 is 0 Å². The number of nitrogens with one attached hydrogen (secondary N) is 1. The molecule has 1 aromatic rings. The minimum Gasteiger partial charge on any atom is -0.312 e. The monoisotopic (exact) mass is 251 g/mol. The second kappa shape index (κ2) is 4.10. The maximum Gasteiger partial charge on any atom is 0.00966 e. The second-order valence-electron chi connectivity index (χ2n) is 6.98. The fraction of sp³-hybridized carbons (Fsp3) is 0.733. The van der Waals surface area contributed by atoms with Crippen molar-refractivity contribution in [3.8, 4) is 0 Å². The van der Waals surface area contributed by atoms with Gasteiger partial charge in [0.25, 0.3) is 0 Å². The van der Waals surface area contributed by atoms with E-state index in [-0.39, 0.29) is 5.54 Å². The molecule has 17 heavy (non-hydrogen) atoms. The van der Waals surface area contributed by atoms with E-state index < -0.39 is 0 Å². The first-order valence-electron chi connectivity index (χ1n) is 6.53.